The maximum atomic E-state index is 12.3. The molecule has 2 heterocycles. The summed E-state index contributed by atoms with van der Waals surface area (Å²) >= 11 is 1.10. The van der Waals surface area contributed by atoms with Gasteiger partial charge in [0.1, 0.15) is 6.04 Å². The number of rotatable bonds is 3. The van der Waals surface area contributed by atoms with Crippen LogP contribution < -0.4 is 5.32 Å². The van der Waals surface area contributed by atoms with Crippen molar-refractivity contribution in [2.45, 2.75) is 32.2 Å². The first-order valence-electron chi connectivity index (χ1n) is 6.44. The number of carbonyl (C=O) groups is 3. The van der Waals surface area contributed by atoms with Gasteiger partial charge in [0, 0.05) is 18.8 Å². The lowest BCUT2D eigenvalue weighted by atomic mass is 9.77. The molecular formula is C12H18N2O4S. The Kier molecular flexibility index (Phi) is 4.03. The molecule has 0 saturated carbocycles. The van der Waals surface area contributed by atoms with Crippen molar-refractivity contribution in [2.75, 3.05) is 18.8 Å². The number of hydrogen-bond acceptors (Lipinski definition) is 4. The molecule has 0 aromatic heterocycles. The summed E-state index contributed by atoms with van der Waals surface area (Å²) in [6, 6.07) is -0.501. The molecule has 2 rings (SSSR count). The standard InChI is InChI=1S/C12H18N2O4S/c1-2-12(10(16)17)4-3-5-14(7-12)9(15)8-6-19-11(18)13-8/h8H,2-7H2,1H3,(H,13,18)(H,16,17). The molecule has 0 aromatic rings. The average molecular weight is 286 g/mol. The predicted molar refractivity (Wildman–Crippen MR) is 71.0 cm³/mol. The minimum Gasteiger partial charge on any atom is -0.481 e. The lowest BCUT2D eigenvalue weighted by Crippen LogP contribution is -2.54. The fourth-order valence-electron chi connectivity index (χ4n) is 2.67. The molecule has 2 atom stereocenters. The molecule has 2 amide bonds. The zero-order valence-corrected chi connectivity index (χ0v) is 11.7. The molecule has 0 spiro atoms. The topological polar surface area (TPSA) is 86.7 Å². The van der Waals surface area contributed by atoms with Gasteiger partial charge in [-0.2, -0.15) is 0 Å². The van der Waals surface area contributed by atoms with Crippen molar-refractivity contribution in [3.8, 4) is 0 Å². The summed E-state index contributed by atoms with van der Waals surface area (Å²) in [6.07, 6.45) is 1.81. The maximum Gasteiger partial charge on any atom is 0.311 e. The lowest BCUT2D eigenvalue weighted by molar-refractivity contribution is -0.155. The van der Waals surface area contributed by atoms with Gasteiger partial charge in [-0.1, -0.05) is 18.7 Å². The normalized spacial score (nSPS) is 31.1. The van der Waals surface area contributed by atoms with Gasteiger partial charge in [-0.05, 0) is 19.3 Å². The molecule has 2 fully saturated rings. The number of nitrogens with one attached hydrogen (secondary N) is 1. The van der Waals surface area contributed by atoms with Crippen LogP contribution in [0.2, 0.25) is 0 Å². The summed E-state index contributed by atoms with van der Waals surface area (Å²) in [4.78, 5) is 36.4. The van der Waals surface area contributed by atoms with Gasteiger partial charge in [0.15, 0.2) is 0 Å². The van der Waals surface area contributed by atoms with Gasteiger partial charge < -0.3 is 15.3 Å². The number of hydrogen-bond donors (Lipinski definition) is 2. The number of thioether (sulfide) groups is 1. The zero-order chi connectivity index (χ0) is 14.0. The van der Waals surface area contributed by atoms with Crippen LogP contribution in [0.1, 0.15) is 26.2 Å². The second-order valence-corrected chi connectivity index (χ2v) is 6.09. The average Bonchev–Trinajstić information content (AvgIpc) is 2.84. The zero-order valence-electron chi connectivity index (χ0n) is 10.8. The lowest BCUT2D eigenvalue weighted by Gasteiger charge is -2.40. The van der Waals surface area contributed by atoms with Crippen LogP contribution in [0, 0.1) is 5.41 Å². The van der Waals surface area contributed by atoms with E-state index in [9.17, 15) is 19.5 Å². The molecule has 2 N–H and O–H groups in total. The van der Waals surface area contributed by atoms with Crippen molar-refractivity contribution in [1.29, 1.82) is 0 Å². The van der Waals surface area contributed by atoms with Gasteiger partial charge >= 0.3 is 5.97 Å². The van der Waals surface area contributed by atoms with Crippen molar-refractivity contribution in [3.05, 3.63) is 0 Å². The van der Waals surface area contributed by atoms with E-state index in [1.54, 1.807) is 4.90 Å². The van der Waals surface area contributed by atoms with E-state index in [1.165, 1.54) is 0 Å². The van der Waals surface area contributed by atoms with E-state index in [-0.39, 0.29) is 17.7 Å². The molecule has 2 saturated heterocycles. The number of piperidine rings is 1. The Balaban J connectivity index is 2.06. The molecule has 2 unspecified atom stereocenters. The Labute approximate surface area is 115 Å². The largest absolute Gasteiger partial charge is 0.481 e. The fraction of sp³-hybridized carbons (Fsp3) is 0.750. The van der Waals surface area contributed by atoms with Crippen LogP contribution in [0.25, 0.3) is 0 Å². The van der Waals surface area contributed by atoms with E-state index >= 15 is 0 Å². The van der Waals surface area contributed by atoms with E-state index in [2.05, 4.69) is 5.32 Å². The van der Waals surface area contributed by atoms with Gasteiger partial charge in [0.05, 0.1) is 5.41 Å². The van der Waals surface area contributed by atoms with E-state index < -0.39 is 17.4 Å². The summed E-state index contributed by atoms with van der Waals surface area (Å²) in [5, 5.41) is 11.8. The van der Waals surface area contributed by atoms with Gasteiger partial charge in [-0.25, -0.2) is 0 Å². The monoisotopic (exact) mass is 286 g/mol. The smallest absolute Gasteiger partial charge is 0.311 e. The van der Waals surface area contributed by atoms with Gasteiger partial charge in [-0.15, -0.1) is 0 Å². The number of carboxylic acids is 1. The van der Waals surface area contributed by atoms with Crippen molar-refractivity contribution in [1.82, 2.24) is 10.2 Å². The maximum absolute atomic E-state index is 12.3. The van der Waals surface area contributed by atoms with Crippen LogP contribution >= 0.6 is 11.8 Å². The second kappa shape index (κ2) is 5.40. The third-order valence-corrected chi connectivity index (χ3v) is 4.87. The van der Waals surface area contributed by atoms with Crippen molar-refractivity contribution in [2.24, 2.45) is 5.41 Å². The second-order valence-electron chi connectivity index (χ2n) is 5.10. The molecule has 0 bridgehead atoms. The SMILES string of the molecule is CCC1(C(=O)O)CCCN(C(=O)C2CSC(=O)N2)C1. The number of likely N-dealkylation sites (tertiary alicyclic amines) is 1. The Morgan fingerprint density at radius 2 is 2.32 bits per heavy atom. The van der Waals surface area contributed by atoms with Crippen molar-refractivity contribution >= 4 is 28.9 Å². The van der Waals surface area contributed by atoms with E-state index in [0.717, 1.165) is 11.8 Å². The highest BCUT2D eigenvalue weighted by Gasteiger charge is 2.43. The summed E-state index contributed by atoms with van der Waals surface area (Å²) in [5.74, 6) is -0.560. The minimum atomic E-state index is -0.836. The summed E-state index contributed by atoms with van der Waals surface area (Å²) < 4.78 is 0. The summed E-state index contributed by atoms with van der Waals surface area (Å²) in [7, 11) is 0. The van der Waals surface area contributed by atoms with Crippen LogP contribution in [0.4, 0.5) is 4.79 Å². The Bertz CT molecular complexity index is 415. The molecule has 19 heavy (non-hydrogen) atoms. The third-order valence-electron chi connectivity index (χ3n) is 3.99. The molecule has 0 aliphatic carbocycles. The number of nitrogens with zero attached hydrogens (tertiary/aromatic N) is 1. The van der Waals surface area contributed by atoms with Gasteiger partial charge in [0.2, 0.25) is 5.91 Å². The van der Waals surface area contributed by atoms with E-state index in [1.807, 2.05) is 6.92 Å². The molecular weight excluding hydrogens is 268 g/mol. The molecule has 2 aliphatic rings. The number of amides is 2. The van der Waals surface area contributed by atoms with Gasteiger partial charge in [-0.3, -0.25) is 14.4 Å². The van der Waals surface area contributed by atoms with Crippen LogP contribution in [0.3, 0.4) is 0 Å². The Morgan fingerprint density at radius 1 is 1.58 bits per heavy atom. The number of carboxylic acid groups (broad SMARTS) is 1. The molecule has 6 nitrogen and oxygen atoms in total. The third kappa shape index (κ3) is 2.70. The first-order valence-corrected chi connectivity index (χ1v) is 7.42. The number of carbonyl (C=O) groups excluding carboxylic acids is 2. The Hall–Kier alpha value is -1.24. The number of aliphatic carboxylic acids is 1. The van der Waals surface area contributed by atoms with Gasteiger partial charge in [0.25, 0.3) is 5.24 Å². The first kappa shape index (κ1) is 14.2. The molecule has 7 heteroatoms. The summed E-state index contributed by atoms with van der Waals surface area (Å²) in [5.41, 5.74) is -0.830. The van der Waals surface area contributed by atoms with Crippen LogP contribution in [0.15, 0.2) is 0 Å². The first-order chi connectivity index (χ1) is 8.98. The van der Waals surface area contributed by atoms with Crippen LogP contribution in [0.5, 0.6) is 0 Å². The molecule has 106 valence electrons. The predicted octanol–water partition coefficient (Wildman–Crippen LogP) is 0.915. The molecule has 0 aromatic carbocycles. The quantitative estimate of drug-likeness (QED) is 0.805. The molecule has 0 radical (unpaired) electrons. The minimum absolute atomic E-state index is 0.155. The fourth-order valence-corrected chi connectivity index (χ4v) is 3.44. The molecule has 2 aliphatic heterocycles. The highest BCUT2D eigenvalue weighted by atomic mass is 32.2. The van der Waals surface area contributed by atoms with E-state index in [4.69, 9.17) is 0 Å². The van der Waals surface area contributed by atoms with E-state index in [0.29, 0.717) is 31.6 Å². The van der Waals surface area contributed by atoms with Crippen LogP contribution in [-0.2, 0) is 9.59 Å². The highest BCUT2D eigenvalue weighted by Crippen LogP contribution is 2.34. The Morgan fingerprint density at radius 3 is 2.84 bits per heavy atom. The summed E-state index contributed by atoms with van der Waals surface area (Å²) in [6.45, 7) is 2.66. The highest BCUT2D eigenvalue weighted by molar-refractivity contribution is 8.14. The van der Waals surface area contributed by atoms with Crippen LogP contribution in [-0.4, -0.2) is 52.0 Å². The van der Waals surface area contributed by atoms with Crippen molar-refractivity contribution < 1.29 is 19.5 Å². The van der Waals surface area contributed by atoms with Crippen molar-refractivity contribution in [3.63, 3.8) is 0 Å².